The number of nitrogens with zero attached hydrogens (tertiary/aromatic N) is 4. The maximum atomic E-state index is 13.8. The third-order valence-corrected chi connectivity index (χ3v) is 8.28. The molecular formula is C31H29N7O2S. The van der Waals surface area contributed by atoms with Crippen molar-refractivity contribution in [3.05, 3.63) is 112 Å². The van der Waals surface area contributed by atoms with Crippen LogP contribution in [0.1, 0.15) is 51.3 Å². The SMILES string of the molecule is NC(=Nc1nc2ccccc2[nH]1)NC(=O)c1csc(C2CCN(C(=O)C(c3ccccc3)c3ccccc3)CC2)n1. The number of H-pyrrole nitrogens is 1. The number of fused-ring (bicyclic) bond motifs is 1. The molecule has 0 radical (unpaired) electrons. The van der Waals surface area contributed by atoms with Crippen LogP contribution >= 0.6 is 11.3 Å². The number of para-hydroxylation sites is 2. The van der Waals surface area contributed by atoms with Gasteiger partial charge in [-0.25, -0.2) is 9.97 Å². The van der Waals surface area contributed by atoms with Gasteiger partial charge in [0.2, 0.25) is 17.8 Å². The number of carbonyl (C=O) groups excluding carboxylic acids is 2. The highest BCUT2D eigenvalue weighted by Gasteiger charge is 2.31. The normalized spacial score (nSPS) is 14.5. The molecule has 0 saturated carbocycles. The van der Waals surface area contributed by atoms with Crippen LogP contribution in [-0.2, 0) is 4.79 Å². The molecule has 0 unspecified atom stereocenters. The number of nitrogens with two attached hydrogens (primary N) is 1. The Kier molecular flexibility index (Phi) is 7.55. The van der Waals surface area contributed by atoms with Gasteiger partial charge in [-0.2, -0.15) is 4.99 Å². The minimum absolute atomic E-state index is 0.0678. The zero-order valence-corrected chi connectivity index (χ0v) is 23.1. The summed E-state index contributed by atoms with van der Waals surface area (Å²) in [4.78, 5) is 44.7. The highest BCUT2D eigenvalue weighted by atomic mass is 32.1. The van der Waals surface area contributed by atoms with E-state index in [2.05, 4.69) is 25.3 Å². The van der Waals surface area contributed by atoms with E-state index in [1.807, 2.05) is 89.8 Å². The molecule has 2 amide bonds. The number of guanidine groups is 1. The minimum Gasteiger partial charge on any atom is -0.369 e. The Morgan fingerprint density at radius 1 is 0.927 bits per heavy atom. The Labute approximate surface area is 241 Å². The lowest BCUT2D eigenvalue weighted by Gasteiger charge is -2.34. The van der Waals surface area contributed by atoms with Crippen molar-refractivity contribution < 1.29 is 9.59 Å². The molecule has 1 fully saturated rings. The van der Waals surface area contributed by atoms with E-state index in [-0.39, 0.29) is 23.7 Å². The number of benzene rings is 3. The number of likely N-dealkylation sites (tertiary alicyclic amines) is 1. The third-order valence-electron chi connectivity index (χ3n) is 7.27. The molecule has 5 aromatic rings. The number of thiazole rings is 1. The van der Waals surface area contributed by atoms with Crippen molar-refractivity contribution >= 4 is 46.1 Å². The Morgan fingerprint density at radius 2 is 1.56 bits per heavy atom. The molecule has 41 heavy (non-hydrogen) atoms. The fourth-order valence-electron chi connectivity index (χ4n) is 5.19. The summed E-state index contributed by atoms with van der Waals surface area (Å²) in [6, 6.07) is 27.4. The van der Waals surface area contributed by atoms with Crippen molar-refractivity contribution in [2.45, 2.75) is 24.7 Å². The Hall–Kier alpha value is -4.83. The van der Waals surface area contributed by atoms with Gasteiger partial charge in [0.1, 0.15) is 5.69 Å². The summed E-state index contributed by atoms with van der Waals surface area (Å²) >= 11 is 1.45. The van der Waals surface area contributed by atoms with Crippen molar-refractivity contribution in [2.24, 2.45) is 10.7 Å². The summed E-state index contributed by atoms with van der Waals surface area (Å²) in [5.41, 5.74) is 9.83. The number of nitrogens with one attached hydrogen (secondary N) is 2. The van der Waals surface area contributed by atoms with E-state index in [9.17, 15) is 9.59 Å². The summed E-state index contributed by atoms with van der Waals surface area (Å²) in [5, 5.41) is 5.21. The third kappa shape index (κ3) is 5.87. The summed E-state index contributed by atoms with van der Waals surface area (Å²) in [6.07, 6.45) is 1.57. The van der Waals surface area contributed by atoms with Crippen molar-refractivity contribution in [2.75, 3.05) is 13.1 Å². The molecule has 3 heterocycles. The largest absolute Gasteiger partial charge is 0.369 e. The van der Waals surface area contributed by atoms with Gasteiger partial charge in [0.25, 0.3) is 5.91 Å². The van der Waals surface area contributed by atoms with Gasteiger partial charge in [0.15, 0.2) is 0 Å². The van der Waals surface area contributed by atoms with Crippen molar-refractivity contribution in [3.63, 3.8) is 0 Å². The number of piperidine rings is 1. The molecule has 206 valence electrons. The van der Waals surface area contributed by atoms with Crippen LogP contribution in [0, 0.1) is 0 Å². The molecule has 0 spiro atoms. The fraction of sp³-hybridized carbons (Fsp3) is 0.194. The Balaban J connectivity index is 1.08. The molecule has 1 aliphatic rings. The predicted molar refractivity (Wildman–Crippen MR) is 160 cm³/mol. The number of aromatic amines is 1. The summed E-state index contributed by atoms with van der Waals surface area (Å²) in [5.74, 6) is -0.229. The van der Waals surface area contributed by atoms with Crippen molar-refractivity contribution in [1.82, 2.24) is 25.2 Å². The van der Waals surface area contributed by atoms with Gasteiger partial charge < -0.3 is 15.6 Å². The maximum Gasteiger partial charge on any atom is 0.277 e. The van der Waals surface area contributed by atoms with Gasteiger partial charge in [-0.1, -0.05) is 72.8 Å². The number of hydrogen-bond donors (Lipinski definition) is 3. The van der Waals surface area contributed by atoms with Gasteiger partial charge in [0, 0.05) is 24.4 Å². The van der Waals surface area contributed by atoms with Crippen LogP contribution in [0.15, 0.2) is 95.3 Å². The van der Waals surface area contributed by atoms with E-state index in [0.29, 0.717) is 24.7 Å². The monoisotopic (exact) mass is 563 g/mol. The molecule has 1 saturated heterocycles. The standard InChI is InChI=1S/C31H29N7O2S/c32-30(37-31-34-23-13-7-8-14-24(23)35-31)36-27(39)25-19-41-28(33-25)22-15-17-38(18-16-22)29(40)26(20-9-3-1-4-10-20)21-11-5-2-6-12-21/h1-14,19,22,26H,15-18H2,(H4,32,34,35,36,37,39). The van der Waals surface area contributed by atoms with E-state index >= 15 is 0 Å². The molecule has 0 aliphatic carbocycles. The first kappa shape index (κ1) is 26.4. The van der Waals surface area contributed by atoms with Crippen molar-refractivity contribution in [3.8, 4) is 0 Å². The van der Waals surface area contributed by atoms with E-state index in [0.717, 1.165) is 40.0 Å². The Bertz CT molecular complexity index is 1620. The number of aliphatic imine (C=N–C) groups is 1. The molecule has 1 aliphatic heterocycles. The predicted octanol–water partition coefficient (Wildman–Crippen LogP) is 4.93. The van der Waals surface area contributed by atoms with Crippen LogP contribution in [0.4, 0.5) is 5.95 Å². The minimum atomic E-state index is -0.425. The van der Waals surface area contributed by atoms with Crippen LogP contribution < -0.4 is 11.1 Å². The molecule has 3 aromatic carbocycles. The topological polar surface area (TPSA) is 129 Å². The molecule has 2 aromatic heterocycles. The van der Waals surface area contributed by atoms with Gasteiger partial charge in [0.05, 0.1) is 22.0 Å². The average molecular weight is 564 g/mol. The lowest BCUT2D eigenvalue weighted by Crippen LogP contribution is -2.41. The summed E-state index contributed by atoms with van der Waals surface area (Å²) in [7, 11) is 0. The first-order valence-corrected chi connectivity index (χ1v) is 14.4. The molecule has 4 N–H and O–H groups in total. The highest BCUT2D eigenvalue weighted by molar-refractivity contribution is 7.09. The van der Waals surface area contributed by atoms with Gasteiger partial charge >= 0.3 is 0 Å². The van der Waals surface area contributed by atoms with Crippen LogP contribution in [0.5, 0.6) is 0 Å². The number of carbonyl (C=O) groups is 2. The molecular weight excluding hydrogens is 534 g/mol. The van der Waals surface area contributed by atoms with Crippen LogP contribution in [0.2, 0.25) is 0 Å². The van der Waals surface area contributed by atoms with E-state index in [1.54, 1.807) is 5.38 Å². The van der Waals surface area contributed by atoms with Crippen LogP contribution in [0.25, 0.3) is 11.0 Å². The number of imidazole rings is 1. The van der Waals surface area contributed by atoms with Gasteiger partial charge in [-0.15, -0.1) is 11.3 Å². The molecule has 9 nitrogen and oxygen atoms in total. The van der Waals surface area contributed by atoms with E-state index in [1.165, 1.54) is 11.3 Å². The second-order valence-corrected chi connectivity index (χ2v) is 10.8. The molecule has 0 atom stereocenters. The molecule has 6 rings (SSSR count). The smallest absolute Gasteiger partial charge is 0.277 e. The summed E-state index contributed by atoms with van der Waals surface area (Å²) < 4.78 is 0. The summed E-state index contributed by atoms with van der Waals surface area (Å²) in [6.45, 7) is 1.27. The Morgan fingerprint density at radius 3 is 2.22 bits per heavy atom. The zero-order chi connectivity index (χ0) is 28.2. The zero-order valence-electron chi connectivity index (χ0n) is 22.2. The average Bonchev–Trinajstić information content (AvgIpc) is 3.66. The van der Waals surface area contributed by atoms with Gasteiger partial charge in [-0.3, -0.25) is 14.9 Å². The number of amides is 2. The lowest BCUT2D eigenvalue weighted by molar-refractivity contribution is -0.132. The van der Waals surface area contributed by atoms with Gasteiger partial charge in [-0.05, 0) is 36.1 Å². The maximum absolute atomic E-state index is 13.8. The number of rotatable bonds is 6. The van der Waals surface area contributed by atoms with Crippen molar-refractivity contribution in [1.29, 1.82) is 0 Å². The first-order valence-electron chi connectivity index (χ1n) is 13.5. The van der Waals surface area contributed by atoms with Crippen LogP contribution in [0.3, 0.4) is 0 Å². The second kappa shape index (κ2) is 11.7. The van der Waals surface area contributed by atoms with Crippen LogP contribution in [-0.4, -0.2) is 50.7 Å². The number of aromatic nitrogens is 3. The second-order valence-electron chi connectivity index (χ2n) is 9.95. The molecule has 10 heteroatoms. The highest BCUT2D eigenvalue weighted by Crippen LogP contribution is 2.33. The van der Waals surface area contributed by atoms with E-state index < -0.39 is 5.91 Å². The quantitative estimate of drug-likeness (QED) is 0.199. The fourth-order valence-corrected chi connectivity index (χ4v) is 6.16. The first-order chi connectivity index (χ1) is 20.0. The molecule has 0 bridgehead atoms. The number of hydrogen-bond acceptors (Lipinski definition) is 6. The lowest BCUT2D eigenvalue weighted by atomic mass is 9.88. The van der Waals surface area contributed by atoms with E-state index in [4.69, 9.17) is 5.73 Å².